The fourth-order valence-corrected chi connectivity index (χ4v) is 2.64. The number of nitrogens with two attached hydrogens (primary N) is 1. The first-order chi connectivity index (χ1) is 9.65. The van der Waals surface area contributed by atoms with Crippen LogP contribution in [0.2, 0.25) is 0 Å². The molecule has 0 heterocycles. The van der Waals surface area contributed by atoms with Crippen LogP contribution in [0.4, 0.5) is 0 Å². The summed E-state index contributed by atoms with van der Waals surface area (Å²) in [4.78, 5) is 2.35. The van der Waals surface area contributed by atoms with E-state index in [0.29, 0.717) is 19.8 Å². The van der Waals surface area contributed by atoms with Crippen molar-refractivity contribution in [1.29, 1.82) is 0 Å². The van der Waals surface area contributed by atoms with Crippen LogP contribution in [0, 0.1) is 13.8 Å². The van der Waals surface area contributed by atoms with E-state index in [9.17, 15) is 0 Å². The summed E-state index contributed by atoms with van der Waals surface area (Å²) in [5.41, 5.74) is 9.98. The number of methoxy groups -OCH3 is 2. The van der Waals surface area contributed by atoms with Crippen molar-refractivity contribution in [3.05, 3.63) is 34.9 Å². The molecule has 0 aliphatic heterocycles. The molecule has 0 fully saturated rings. The fourth-order valence-electron chi connectivity index (χ4n) is 2.64. The Balaban J connectivity index is 2.98. The van der Waals surface area contributed by atoms with Gasteiger partial charge < -0.3 is 15.2 Å². The van der Waals surface area contributed by atoms with Crippen LogP contribution < -0.4 is 5.73 Å². The third-order valence-corrected chi connectivity index (χ3v) is 3.70. The molecule has 0 aromatic heterocycles. The molecule has 0 aliphatic carbocycles. The van der Waals surface area contributed by atoms with Crippen molar-refractivity contribution in [3.63, 3.8) is 0 Å². The number of ether oxygens (including phenoxy) is 2. The predicted molar refractivity (Wildman–Crippen MR) is 83.0 cm³/mol. The lowest BCUT2D eigenvalue weighted by Gasteiger charge is -2.32. The largest absolute Gasteiger partial charge is 0.383 e. The highest BCUT2D eigenvalue weighted by Gasteiger charge is 2.21. The summed E-state index contributed by atoms with van der Waals surface area (Å²) in [5.74, 6) is 0. The molecule has 4 heteroatoms. The molecule has 4 nitrogen and oxygen atoms in total. The average Bonchev–Trinajstić information content (AvgIpc) is 2.44. The Morgan fingerprint density at radius 3 is 1.95 bits per heavy atom. The van der Waals surface area contributed by atoms with E-state index in [2.05, 4.69) is 36.9 Å². The van der Waals surface area contributed by atoms with Crippen LogP contribution in [0.3, 0.4) is 0 Å². The van der Waals surface area contributed by atoms with Crippen molar-refractivity contribution in [2.45, 2.75) is 19.9 Å². The lowest BCUT2D eigenvalue weighted by atomic mass is 9.95. The highest BCUT2D eigenvalue weighted by molar-refractivity contribution is 5.36. The monoisotopic (exact) mass is 280 g/mol. The van der Waals surface area contributed by atoms with Gasteiger partial charge in [0.15, 0.2) is 0 Å². The van der Waals surface area contributed by atoms with E-state index < -0.39 is 0 Å². The topological polar surface area (TPSA) is 47.7 Å². The molecule has 1 unspecified atom stereocenters. The summed E-state index contributed by atoms with van der Waals surface area (Å²) in [6, 6.07) is 6.60. The first-order valence-electron chi connectivity index (χ1n) is 7.13. The molecular weight excluding hydrogens is 252 g/mol. The second-order valence-electron chi connectivity index (χ2n) is 5.08. The number of hydrogen-bond donors (Lipinski definition) is 1. The normalized spacial score (nSPS) is 12.9. The van der Waals surface area contributed by atoms with Crippen LogP contribution in [0.15, 0.2) is 18.2 Å². The Morgan fingerprint density at radius 1 is 1.05 bits per heavy atom. The third-order valence-electron chi connectivity index (χ3n) is 3.70. The van der Waals surface area contributed by atoms with Gasteiger partial charge in [-0.2, -0.15) is 0 Å². The number of rotatable bonds is 9. The minimum atomic E-state index is 0.210. The van der Waals surface area contributed by atoms with Gasteiger partial charge in [0.2, 0.25) is 0 Å². The van der Waals surface area contributed by atoms with E-state index in [-0.39, 0.29) is 6.04 Å². The van der Waals surface area contributed by atoms with Crippen LogP contribution in [0.5, 0.6) is 0 Å². The molecule has 20 heavy (non-hydrogen) atoms. The predicted octanol–water partition coefficient (Wildman–Crippen LogP) is 1.90. The minimum absolute atomic E-state index is 0.210. The fraction of sp³-hybridized carbons (Fsp3) is 0.625. The van der Waals surface area contributed by atoms with E-state index in [4.69, 9.17) is 15.2 Å². The van der Waals surface area contributed by atoms with Crippen LogP contribution in [-0.4, -0.2) is 52.0 Å². The Labute approximate surface area is 122 Å². The van der Waals surface area contributed by atoms with Crippen LogP contribution in [-0.2, 0) is 9.47 Å². The maximum Gasteiger partial charge on any atom is 0.0589 e. The zero-order chi connectivity index (χ0) is 15.0. The smallest absolute Gasteiger partial charge is 0.0589 e. The van der Waals surface area contributed by atoms with Crippen molar-refractivity contribution in [2.75, 3.05) is 47.1 Å². The Morgan fingerprint density at radius 2 is 1.55 bits per heavy atom. The Kier molecular flexibility index (Phi) is 7.77. The van der Waals surface area contributed by atoms with Gasteiger partial charge in [0.05, 0.1) is 13.2 Å². The van der Waals surface area contributed by atoms with Gasteiger partial charge in [-0.25, -0.2) is 0 Å². The van der Waals surface area contributed by atoms with E-state index in [1.807, 2.05) is 0 Å². The Bertz CT molecular complexity index is 368. The molecule has 1 aromatic rings. The third kappa shape index (κ3) is 4.56. The number of aryl methyl sites for hydroxylation is 2. The summed E-state index contributed by atoms with van der Waals surface area (Å²) in [6.45, 7) is 8.01. The molecule has 1 rings (SSSR count). The van der Waals surface area contributed by atoms with Crippen molar-refractivity contribution in [1.82, 2.24) is 4.90 Å². The van der Waals surface area contributed by atoms with Crippen LogP contribution in [0.1, 0.15) is 22.7 Å². The second kappa shape index (κ2) is 9.08. The SMILES string of the molecule is COCCN(CCOC)C(CN)c1c(C)cccc1C. The van der Waals surface area contributed by atoms with Gasteiger partial charge in [0.25, 0.3) is 0 Å². The molecule has 1 aromatic carbocycles. The standard InChI is InChI=1S/C16H28N2O2/c1-13-6-5-7-14(2)16(13)15(12-17)18(8-10-19-3)9-11-20-4/h5-7,15H,8-12,17H2,1-4H3. The van der Waals surface area contributed by atoms with Crippen molar-refractivity contribution in [2.24, 2.45) is 5.73 Å². The zero-order valence-electron chi connectivity index (χ0n) is 13.2. The van der Waals surface area contributed by atoms with Gasteiger partial charge in [-0.1, -0.05) is 18.2 Å². The quantitative estimate of drug-likeness (QED) is 0.750. The van der Waals surface area contributed by atoms with Gasteiger partial charge in [0, 0.05) is 39.9 Å². The molecule has 0 saturated carbocycles. The average molecular weight is 280 g/mol. The number of hydrogen-bond acceptors (Lipinski definition) is 4. The second-order valence-corrected chi connectivity index (χ2v) is 5.08. The Hall–Kier alpha value is -0.940. The summed E-state index contributed by atoms with van der Waals surface area (Å²) in [7, 11) is 3.45. The highest BCUT2D eigenvalue weighted by atomic mass is 16.5. The first-order valence-corrected chi connectivity index (χ1v) is 7.13. The van der Waals surface area contributed by atoms with Crippen LogP contribution in [0.25, 0.3) is 0 Å². The number of benzene rings is 1. The molecule has 0 aliphatic rings. The summed E-state index contributed by atoms with van der Waals surface area (Å²) in [5, 5.41) is 0. The lowest BCUT2D eigenvalue weighted by molar-refractivity contribution is 0.0887. The molecule has 0 amide bonds. The lowest BCUT2D eigenvalue weighted by Crippen LogP contribution is -2.39. The summed E-state index contributed by atoms with van der Waals surface area (Å²) >= 11 is 0. The van der Waals surface area contributed by atoms with E-state index >= 15 is 0 Å². The van der Waals surface area contributed by atoms with Crippen molar-refractivity contribution < 1.29 is 9.47 Å². The van der Waals surface area contributed by atoms with Crippen LogP contribution >= 0.6 is 0 Å². The number of nitrogens with zero attached hydrogens (tertiary/aromatic N) is 1. The molecule has 114 valence electrons. The molecule has 0 bridgehead atoms. The van der Waals surface area contributed by atoms with Crippen molar-refractivity contribution in [3.8, 4) is 0 Å². The molecule has 2 N–H and O–H groups in total. The van der Waals surface area contributed by atoms with Gasteiger partial charge in [-0.3, -0.25) is 4.90 Å². The minimum Gasteiger partial charge on any atom is -0.383 e. The van der Waals surface area contributed by atoms with Gasteiger partial charge in [-0.15, -0.1) is 0 Å². The van der Waals surface area contributed by atoms with Crippen molar-refractivity contribution >= 4 is 0 Å². The van der Waals surface area contributed by atoms with Gasteiger partial charge in [-0.05, 0) is 30.5 Å². The van der Waals surface area contributed by atoms with Gasteiger partial charge >= 0.3 is 0 Å². The van der Waals surface area contributed by atoms with Gasteiger partial charge in [0.1, 0.15) is 0 Å². The van der Waals surface area contributed by atoms with E-state index in [1.165, 1.54) is 16.7 Å². The molecule has 0 saturated heterocycles. The molecule has 0 spiro atoms. The maximum absolute atomic E-state index is 6.06. The molecule has 0 radical (unpaired) electrons. The summed E-state index contributed by atoms with van der Waals surface area (Å²) < 4.78 is 10.4. The first kappa shape index (κ1) is 17.1. The molecule has 1 atom stereocenters. The molecular formula is C16H28N2O2. The maximum atomic E-state index is 6.06. The van der Waals surface area contributed by atoms with E-state index in [0.717, 1.165) is 13.1 Å². The summed E-state index contributed by atoms with van der Waals surface area (Å²) in [6.07, 6.45) is 0. The van der Waals surface area contributed by atoms with E-state index in [1.54, 1.807) is 14.2 Å². The zero-order valence-corrected chi connectivity index (χ0v) is 13.2. The highest BCUT2D eigenvalue weighted by Crippen LogP contribution is 2.26.